The van der Waals surface area contributed by atoms with Crippen LogP contribution in [-0.4, -0.2) is 40.5 Å². The molecule has 0 spiro atoms. The van der Waals surface area contributed by atoms with E-state index in [1.165, 1.54) is 0 Å². The van der Waals surface area contributed by atoms with Crippen molar-refractivity contribution in [1.29, 1.82) is 0 Å². The van der Waals surface area contributed by atoms with E-state index in [1.807, 2.05) is 27.7 Å². The second-order valence-corrected chi connectivity index (χ2v) is 7.12. The minimum Gasteiger partial charge on any atom is -0.497 e. The van der Waals surface area contributed by atoms with E-state index in [4.69, 9.17) is 14.7 Å². The Morgan fingerprint density at radius 2 is 1.64 bits per heavy atom. The van der Waals surface area contributed by atoms with Crippen LogP contribution in [0.2, 0.25) is 0 Å². The average Bonchev–Trinajstić information content (AvgIpc) is 2.44. The van der Waals surface area contributed by atoms with Crippen LogP contribution >= 0.6 is 0 Å². The summed E-state index contributed by atoms with van der Waals surface area (Å²) in [6.45, 7) is 8.04. The lowest BCUT2D eigenvalue weighted by molar-refractivity contribution is -0.256. The molecule has 0 unspecified atom stereocenters. The molecular weight excluding hydrogens is 282 g/mol. The van der Waals surface area contributed by atoms with Crippen molar-refractivity contribution in [1.82, 2.24) is 5.06 Å². The number of carbonyl (C=O) groups is 1. The Labute approximate surface area is 131 Å². The number of ether oxygens (including phenoxy) is 2. The first-order chi connectivity index (χ1) is 10.2. The molecule has 0 bridgehead atoms. The summed E-state index contributed by atoms with van der Waals surface area (Å²) in [6.07, 6.45) is 1.13. The average molecular weight is 308 g/mol. The molecule has 5 heteroatoms. The van der Waals surface area contributed by atoms with Crippen molar-refractivity contribution in [2.24, 2.45) is 0 Å². The van der Waals surface area contributed by atoms with E-state index in [-0.39, 0.29) is 23.2 Å². The maximum atomic E-state index is 12.3. The maximum absolute atomic E-state index is 12.3. The summed E-state index contributed by atoms with van der Waals surface area (Å²) < 4.78 is 10.8. The fourth-order valence-corrected chi connectivity index (χ4v) is 3.22. The van der Waals surface area contributed by atoms with E-state index in [0.717, 1.165) is 0 Å². The fourth-order valence-electron chi connectivity index (χ4n) is 3.22. The molecule has 1 aromatic carbocycles. The number of rotatable bonds is 3. The van der Waals surface area contributed by atoms with Crippen LogP contribution in [0.1, 0.15) is 50.9 Å². The zero-order valence-electron chi connectivity index (χ0n) is 14.0. The van der Waals surface area contributed by atoms with Gasteiger partial charge in [0.05, 0.1) is 23.8 Å². The van der Waals surface area contributed by atoms with Gasteiger partial charge in [-0.15, -0.1) is 0 Å². The predicted molar refractivity (Wildman–Crippen MR) is 85.0 cm³/mol. The summed E-state index contributed by atoms with van der Waals surface area (Å²) in [6, 6.07) is 6.90. The lowest BCUT2D eigenvalue weighted by Gasteiger charge is -2.47. The van der Waals surface area contributed by atoms with Crippen LogP contribution in [0.15, 0.2) is 24.3 Å². The third-order valence-electron chi connectivity index (χ3n) is 4.26. The second kappa shape index (κ2) is 5.89. The molecule has 0 saturated carbocycles. The number of piperidine rings is 1. The molecule has 1 aliphatic heterocycles. The number of nitrogens with zero attached hydrogens (tertiary/aromatic N) is 1. The van der Waals surface area contributed by atoms with Gasteiger partial charge in [0.15, 0.2) is 0 Å². The van der Waals surface area contributed by atoms with Crippen molar-refractivity contribution in [3.05, 3.63) is 29.8 Å². The Morgan fingerprint density at radius 3 is 2.09 bits per heavy atom. The Kier molecular flexibility index (Phi) is 4.49. The highest BCUT2D eigenvalue weighted by molar-refractivity contribution is 5.89. The zero-order valence-corrected chi connectivity index (χ0v) is 14.0. The Morgan fingerprint density at radius 1 is 1.14 bits per heavy atom. The summed E-state index contributed by atoms with van der Waals surface area (Å²) in [5.41, 5.74) is -0.135. The van der Waals surface area contributed by atoms with Crippen LogP contribution in [0, 0.1) is 0 Å². The van der Waals surface area contributed by atoms with Gasteiger partial charge in [0.25, 0.3) is 0 Å². The molecule has 22 heavy (non-hydrogen) atoms. The lowest BCUT2D eigenvalue weighted by atomic mass is 9.80. The molecule has 0 aliphatic carbocycles. The highest BCUT2D eigenvalue weighted by Gasteiger charge is 2.49. The normalized spacial score (nSPS) is 21.4. The molecule has 1 aliphatic rings. The highest BCUT2D eigenvalue weighted by Crippen LogP contribution is 2.38. The molecule has 1 heterocycles. The van der Waals surface area contributed by atoms with Crippen LogP contribution < -0.4 is 4.74 Å². The molecule has 122 valence electrons. The van der Waals surface area contributed by atoms with Crippen molar-refractivity contribution in [3.63, 3.8) is 0 Å². The van der Waals surface area contributed by atoms with Gasteiger partial charge >= 0.3 is 5.97 Å². The highest BCUT2D eigenvalue weighted by atomic mass is 16.5. The summed E-state index contributed by atoms with van der Waals surface area (Å²) in [7, 11) is 1.59. The smallest absolute Gasteiger partial charge is 0.338 e. The number of hydrogen-bond donors (Lipinski definition) is 0. The molecule has 0 radical (unpaired) electrons. The van der Waals surface area contributed by atoms with Crippen molar-refractivity contribution < 1.29 is 19.5 Å². The summed E-state index contributed by atoms with van der Waals surface area (Å²) in [4.78, 5) is 12.3. The first-order valence-corrected chi connectivity index (χ1v) is 7.52. The Balaban J connectivity index is 2.08. The van der Waals surface area contributed by atoms with Crippen molar-refractivity contribution in [2.45, 2.75) is 57.7 Å². The van der Waals surface area contributed by atoms with E-state index in [0.29, 0.717) is 24.2 Å². The Bertz CT molecular complexity index is 518. The van der Waals surface area contributed by atoms with Crippen LogP contribution in [0.5, 0.6) is 5.75 Å². The molecule has 0 aromatic heterocycles. The molecule has 1 saturated heterocycles. The van der Waals surface area contributed by atoms with Gasteiger partial charge in [0.2, 0.25) is 0 Å². The first-order valence-electron chi connectivity index (χ1n) is 7.52. The molecule has 0 atom stereocenters. The number of carbonyl (C=O) groups excluding carboxylic acids is 1. The number of esters is 1. The topological polar surface area (TPSA) is 61.7 Å². The van der Waals surface area contributed by atoms with Gasteiger partial charge in [0.1, 0.15) is 11.9 Å². The summed E-state index contributed by atoms with van der Waals surface area (Å²) in [5, 5.41) is 9.86. The van der Waals surface area contributed by atoms with Gasteiger partial charge in [-0.05, 0) is 52.0 Å². The van der Waals surface area contributed by atoms with E-state index < -0.39 is 0 Å². The molecule has 2 rings (SSSR count). The monoisotopic (exact) mass is 308 g/mol. The first kappa shape index (κ1) is 16.8. The van der Waals surface area contributed by atoms with Crippen LogP contribution in [0.3, 0.4) is 0 Å². The van der Waals surface area contributed by atoms with Crippen molar-refractivity contribution >= 4 is 5.97 Å². The third-order valence-corrected chi connectivity index (χ3v) is 4.26. The minimum absolute atomic E-state index is 0.179. The van der Waals surface area contributed by atoms with Gasteiger partial charge in [-0.1, -0.05) is 5.06 Å². The van der Waals surface area contributed by atoms with E-state index in [9.17, 15) is 4.79 Å². The fraction of sp³-hybridized carbons (Fsp3) is 0.588. The van der Waals surface area contributed by atoms with Crippen molar-refractivity contribution in [3.8, 4) is 5.75 Å². The molecule has 1 fully saturated rings. The number of hydrogen-bond acceptors (Lipinski definition) is 4. The quantitative estimate of drug-likeness (QED) is 0.636. The van der Waals surface area contributed by atoms with Gasteiger partial charge in [-0.25, -0.2) is 4.79 Å². The van der Waals surface area contributed by atoms with Crippen LogP contribution in [0.25, 0.3) is 0 Å². The summed E-state index contributed by atoms with van der Waals surface area (Å²) >= 11 is 0. The maximum Gasteiger partial charge on any atom is 0.338 e. The lowest BCUT2D eigenvalue weighted by Crippen LogP contribution is -2.60. The SMILES string of the molecule is COc1ccc(C(=O)OC2CC(C)(C)N([OH2+])C(C)(C)C2)cc1. The second-order valence-electron chi connectivity index (χ2n) is 7.12. The number of methoxy groups -OCH3 is 1. The summed E-state index contributed by atoms with van der Waals surface area (Å²) in [5.74, 6) is 0.388. The molecule has 2 N–H and O–H groups in total. The largest absolute Gasteiger partial charge is 0.497 e. The molecular formula is C17H26NO4+. The van der Waals surface area contributed by atoms with Crippen LogP contribution in [0.4, 0.5) is 0 Å². The number of hydroxylamine groups is 2. The zero-order chi connectivity index (χ0) is 16.5. The number of benzene rings is 1. The molecule has 0 amide bonds. The van der Waals surface area contributed by atoms with E-state index >= 15 is 0 Å². The standard InChI is InChI=1S/C17H25NO4/c1-16(2)10-14(11-17(3,4)18(16)20)22-15(19)12-6-8-13(21-5)9-7-12/h6-9,14,20H,10-11H2,1-5H3/p+1. The molecule has 5 nitrogen and oxygen atoms in total. The van der Waals surface area contributed by atoms with Gasteiger partial charge in [-0.2, -0.15) is 0 Å². The van der Waals surface area contributed by atoms with E-state index in [1.54, 1.807) is 36.4 Å². The van der Waals surface area contributed by atoms with Gasteiger partial charge < -0.3 is 14.7 Å². The van der Waals surface area contributed by atoms with Gasteiger partial charge in [0, 0.05) is 12.8 Å². The Hall–Kier alpha value is -1.59. The van der Waals surface area contributed by atoms with Crippen molar-refractivity contribution in [2.75, 3.05) is 7.11 Å². The predicted octanol–water partition coefficient (Wildman–Crippen LogP) is 2.51. The van der Waals surface area contributed by atoms with Gasteiger partial charge in [-0.3, -0.25) is 0 Å². The minimum atomic E-state index is -0.327. The van der Waals surface area contributed by atoms with Crippen LogP contribution in [-0.2, 0) is 4.74 Å². The molecule has 1 aromatic rings. The third kappa shape index (κ3) is 3.42. The van der Waals surface area contributed by atoms with E-state index in [2.05, 4.69) is 0 Å².